The number of anilines is 1. The van der Waals surface area contributed by atoms with Gasteiger partial charge in [0.25, 0.3) is 17.4 Å². The lowest BCUT2D eigenvalue weighted by atomic mass is 10.0. The van der Waals surface area contributed by atoms with Gasteiger partial charge in [-0.05, 0) is 12.5 Å². The minimum absolute atomic E-state index is 0.123. The fourth-order valence-electron chi connectivity index (χ4n) is 3.81. The van der Waals surface area contributed by atoms with Crippen LogP contribution in [0.15, 0.2) is 37.0 Å². The first kappa shape index (κ1) is 26.1. The average molecular weight is 595 g/mol. The maximum atomic E-state index is 13.0. The number of thioether (sulfide) groups is 2. The SMILES string of the molecule is CON=C(C(=O)N[C@@H]1C(=O)N2C(C(=O)O)=C(CSc3nn4c(=O)cc(C)nc4s3)CS[C@H]12)c1csc(N)n1. The molecule has 198 valence electrons. The normalized spacial score (nSPS) is 19.4. The van der Waals surface area contributed by atoms with Gasteiger partial charge in [-0.15, -0.1) is 28.2 Å². The molecule has 0 unspecified atom stereocenters. The van der Waals surface area contributed by atoms with Gasteiger partial charge in [0.1, 0.15) is 29.9 Å². The summed E-state index contributed by atoms with van der Waals surface area (Å²) >= 11 is 4.92. The van der Waals surface area contributed by atoms with Gasteiger partial charge in [-0.3, -0.25) is 19.3 Å². The molecule has 0 aliphatic carbocycles. The number of amides is 2. The molecule has 2 aliphatic rings. The van der Waals surface area contributed by atoms with Crippen LogP contribution in [0.3, 0.4) is 0 Å². The second kappa shape index (κ2) is 10.4. The molecule has 14 nitrogen and oxygen atoms in total. The lowest BCUT2D eigenvalue weighted by Gasteiger charge is -2.49. The zero-order chi connectivity index (χ0) is 27.1. The van der Waals surface area contributed by atoms with Gasteiger partial charge in [0, 0.05) is 28.6 Å². The molecule has 2 amide bonds. The number of carbonyl (C=O) groups is 3. The maximum Gasteiger partial charge on any atom is 0.352 e. The average Bonchev–Trinajstić information content (AvgIpc) is 3.49. The van der Waals surface area contributed by atoms with Gasteiger partial charge in [0.2, 0.25) is 4.96 Å². The molecule has 38 heavy (non-hydrogen) atoms. The monoisotopic (exact) mass is 594 g/mol. The Morgan fingerprint density at radius 3 is 2.84 bits per heavy atom. The van der Waals surface area contributed by atoms with Crippen molar-refractivity contribution in [3.63, 3.8) is 0 Å². The molecule has 0 aromatic carbocycles. The number of aliphatic carboxylic acids is 1. The zero-order valence-electron chi connectivity index (χ0n) is 19.6. The summed E-state index contributed by atoms with van der Waals surface area (Å²) in [5, 5.41) is 21.7. The van der Waals surface area contributed by atoms with Crippen molar-refractivity contribution < 1.29 is 24.3 Å². The quantitative estimate of drug-likeness (QED) is 0.141. The number of carboxylic acids is 1. The van der Waals surface area contributed by atoms with Crippen LogP contribution < -0.4 is 16.6 Å². The minimum Gasteiger partial charge on any atom is -0.477 e. The Morgan fingerprint density at radius 1 is 1.37 bits per heavy atom. The number of oxime groups is 1. The lowest BCUT2D eigenvalue weighted by molar-refractivity contribution is -0.150. The molecule has 0 saturated carbocycles. The van der Waals surface area contributed by atoms with Crippen molar-refractivity contribution in [1.29, 1.82) is 0 Å². The number of nitrogens with one attached hydrogen (secondary N) is 1. The topological polar surface area (TPSA) is 194 Å². The van der Waals surface area contributed by atoms with Crippen molar-refractivity contribution in [2.45, 2.75) is 22.7 Å². The van der Waals surface area contributed by atoms with Crippen LogP contribution in [0, 0.1) is 6.92 Å². The van der Waals surface area contributed by atoms with E-state index in [-0.39, 0.29) is 33.5 Å². The van der Waals surface area contributed by atoms with Crippen molar-refractivity contribution in [3.05, 3.63) is 44.5 Å². The summed E-state index contributed by atoms with van der Waals surface area (Å²) in [5.74, 6) is -1.95. The van der Waals surface area contributed by atoms with Crippen LogP contribution in [0.2, 0.25) is 0 Å². The van der Waals surface area contributed by atoms with Crippen molar-refractivity contribution in [2.75, 3.05) is 24.3 Å². The molecule has 2 aliphatic heterocycles. The summed E-state index contributed by atoms with van der Waals surface area (Å²) in [6.07, 6.45) is 0. The summed E-state index contributed by atoms with van der Waals surface area (Å²) in [4.78, 5) is 64.9. The highest BCUT2D eigenvalue weighted by Gasteiger charge is 2.54. The standard InChI is InChI=1S/C20H18N8O6S4/c1-7-3-10(29)28-19(22-7)38-20(25-28)37-5-8-4-35-16-12(15(31)27(16)13(8)17(32)33)24-14(30)11(26-34-2)9-6-36-18(21)23-9/h3,6,12,16H,4-5H2,1-2H3,(H2,21,23)(H,24,30)(H,32,33)/t12-,16-/m1/s1. The number of hydrogen-bond acceptors (Lipinski definition) is 14. The second-order valence-electron chi connectivity index (χ2n) is 7.90. The molecule has 18 heteroatoms. The van der Waals surface area contributed by atoms with Gasteiger partial charge in [-0.2, -0.15) is 4.52 Å². The molecule has 0 radical (unpaired) electrons. The number of aromatic nitrogens is 4. The van der Waals surface area contributed by atoms with E-state index < -0.39 is 29.2 Å². The van der Waals surface area contributed by atoms with E-state index in [2.05, 4.69) is 25.5 Å². The van der Waals surface area contributed by atoms with Gasteiger partial charge < -0.3 is 21.0 Å². The summed E-state index contributed by atoms with van der Waals surface area (Å²) in [5.41, 5.74) is 6.37. The number of rotatable bonds is 8. The molecule has 4 N–H and O–H groups in total. The van der Waals surface area contributed by atoms with Gasteiger partial charge in [0.15, 0.2) is 15.2 Å². The summed E-state index contributed by atoms with van der Waals surface area (Å²) < 4.78 is 1.74. The summed E-state index contributed by atoms with van der Waals surface area (Å²) in [7, 11) is 1.27. The molecule has 0 bridgehead atoms. The van der Waals surface area contributed by atoms with Gasteiger partial charge in [0.05, 0.1) is 0 Å². The number of nitrogen functional groups attached to an aromatic ring is 1. The van der Waals surface area contributed by atoms with Crippen molar-refractivity contribution in [2.24, 2.45) is 5.16 Å². The number of nitrogens with two attached hydrogens (primary N) is 1. The number of carboxylic acid groups (broad SMARTS) is 1. The number of β-lactam (4-membered cyclic amide) rings is 1. The Kier molecular flexibility index (Phi) is 7.12. The van der Waals surface area contributed by atoms with E-state index in [0.717, 1.165) is 11.3 Å². The van der Waals surface area contributed by atoms with Crippen LogP contribution in [0.25, 0.3) is 4.96 Å². The molecule has 5 rings (SSSR count). The van der Waals surface area contributed by atoms with E-state index in [0.29, 0.717) is 26.3 Å². The Hall–Kier alpha value is -3.48. The molecule has 1 saturated heterocycles. The summed E-state index contributed by atoms with van der Waals surface area (Å²) in [6.45, 7) is 1.72. The zero-order valence-corrected chi connectivity index (χ0v) is 22.9. The van der Waals surface area contributed by atoms with Gasteiger partial charge in [-0.25, -0.2) is 14.8 Å². The third-order valence-electron chi connectivity index (χ3n) is 5.42. The van der Waals surface area contributed by atoms with Crippen LogP contribution in [-0.2, 0) is 19.2 Å². The largest absolute Gasteiger partial charge is 0.477 e. The van der Waals surface area contributed by atoms with Crippen LogP contribution in [0.1, 0.15) is 11.4 Å². The number of hydrogen-bond donors (Lipinski definition) is 3. The first-order chi connectivity index (χ1) is 18.2. The highest BCUT2D eigenvalue weighted by molar-refractivity contribution is 8.02. The molecule has 2 atom stereocenters. The molecule has 1 fully saturated rings. The van der Waals surface area contributed by atoms with Gasteiger partial charge in [-0.1, -0.05) is 28.3 Å². The first-order valence-electron chi connectivity index (χ1n) is 10.7. The highest BCUT2D eigenvalue weighted by Crippen LogP contribution is 2.41. The van der Waals surface area contributed by atoms with Crippen LogP contribution in [0.4, 0.5) is 5.13 Å². The predicted octanol–water partition coefficient (Wildman–Crippen LogP) is 0.380. The van der Waals surface area contributed by atoms with Crippen molar-refractivity contribution in [3.8, 4) is 0 Å². The molecular weight excluding hydrogens is 577 g/mol. The number of thiazole rings is 1. The van der Waals surface area contributed by atoms with Crippen LogP contribution in [0.5, 0.6) is 0 Å². The Balaban J connectivity index is 1.32. The van der Waals surface area contributed by atoms with Crippen LogP contribution in [-0.4, -0.2) is 83.1 Å². The minimum atomic E-state index is -1.25. The van der Waals surface area contributed by atoms with E-state index in [1.165, 1.54) is 62.8 Å². The maximum absolute atomic E-state index is 13.0. The summed E-state index contributed by atoms with van der Waals surface area (Å²) in [6, 6.07) is 0.421. The third kappa shape index (κ3) is 4.74. The molecule has 5 heterocycles. The molecule has 0 spiro atoms. The molecule has 3 aromatic heterocycles. The number of fused-ring (bicyclic) bond motifs is 2. The van der Waals surface area contributed by atoms with Crippen LogP contribution >= 0.6 is 46.2 Å². The van der Waals surface area contributed by atoms with Crippen molar-refractivity contribution >= 4 is 79.8 Å². The number of nitrogens with zero attached hydrogens (tertiary/aromatic N) is 6. The van der Waals surface area contributed by atoms with E-state index in [4.69, 9.17) is 10.6 Å². The number of carbonyl (C=O) groups excluding carboxylic acids is 2. The Labute approximate surface area is 230 Å². The fourth-order valence-corrected chi connectivity index (χ4v) is 7.83. The third-order valence-corrected chi connectivity index (χ3v) is 9.56. The van der Waals surface area contributed by atoms with Gasteiger partial charge >= 0.3 is 5.97 Å². The fraction of sp³-hybridized carbons (Fsp3) is 0.300. The first-order valence-corrected chi connectivity index (χ1v) is 14.4. The van der Waals surface area contributed by atoms with E-state index in [1.54, 1.807) is 6.92 Å². The predicted molar refractivity (Wildman–Crippen MR) is 142 cm³/mol. The van der Waals surface area contributed by atoms with E-state index in [9.17, 15) is 24.3 Å². The van der Waals surface area contributed by atoms with Crippen molar-refractivity contribution in [1.82, 2.24) is 29.8 Å². The molecular formula is C20H18N8O6S4. The highest BCUT2D eigenvalue weighted by atomic mass is 32.2. The Morgan fingerprint density at radius 2 is 2.16 bits per heavy atom. The lowest BCUT2D eigenvalue weighted by Crippen LogP contribution is -2.71. The molecule has 3 aromatic rings. The Bertz CT molecular complexity index is 1590. The second-order valence-corrected chi connectivity index (χ2v) is 12.1. The smallest absolute Gasteiger partial charge is 0.352 e. The number of aryl methyl sites for hydroxylation is 1. The van der Waals surface area contributed by atoms with E-state index in [1.807, 2.05) is 0 Å². The van der Waals surface area contributed by atoms with E-state index >= 15 is 0 Å².